The topological polar surface area (TPSA) is 79.8 Å². The zero-order valence-electron chi connectivity index (χ0n) is 13.6. The van der Waals surface area contributed by atoms with Crippen LogP contribution in [-0.4, -0.2) is 30.7 Å². The summed E-state index contributed by atoms with van der Waals surface area (Å²) >= 11 is 0. The normalized spacial score (nSPS) is 11.8. The van der Waals surface area contributed by atoms with Crippen LogP contribution in [0.1, 0.15) is 17.3 Å². The van der Waals surface area contributed by atoms with E-state index in [0.717, 1.165) is 0 Å². The summed E-state index contributed by atoms with van der Waals surface area (Å²) in [6.07, 6.45) is 1.20. The molecule has 0 radical (unpaired) electrons. The number of amides is 1. The predicted molar refractivity (Wildman–Crippen MR) is 92.8 cm³/mol. The number of halogens is 1. The zero-order chi connectivity index (χ0) is 18.1. The number of esters is 1. The second-order valence-electron chi connectivity index (χ2n) is 4.97. The van der Waals surface area contributed by atoms with Crippen LogP contribution < -0.4 is 10.7 Å². The maximum Gasteiger partial charge on any atom is 0.334 e. The van der Waals surface area contributed by atoms with E-state index >= 15 is 0 Å². The molecule has 0 spiro atoms. The molecule has 0 heterocycles. The monoisotopic (exact) mass is 343 g/mol. The summed E-state index contributed by atoms with van der Waals surface area (Å²) in [7, 11) is 0. The fraction of sp³-hybridized carbons (Fsp3) is 0.167. The van der Waals surface area contributed by atoms with Crippen LogP contribution in [-0.2, 0) is 9.53 Å². The van der Waals surface area contributed by atoms with Gasteiger partial charge in [-0.05, 0) is 37.3 Å². The SMILES string of the molecule is CCOC(=O)C(/C=N/Nc1cccc(F)c1)NC(=O)c1ccccc1. The first-order valence-electron chi connectivity index (χ1n) is 7.67. The van der Waals surface area contributed by atoms with E-state index in [1.807, 2.05) is 0 Å². The number of nitrogens with zero attached hydrogens (tertiary/aromatic N) is 1. The van der Waals surface area contributed by atoms with Crippen LogP contribution in [0.25, 0.3) is 0 Å². The Balaban J connectivity index is 2.06. The minimum absolute atomic E-state index is 0.168. The third kappa shape index (κ3) is 5.72. The van der Waals surface area contributed by atoms with E-state index in [0.29, 0.717) is 11.3 Å². The fourth-order valence-corrected chi connectivity index (χ4v) is 1.95. The van der Waals surface area contributed by atoms with Gasteiger partial charge in [-0.1, -0.05) is 24.3 Å². The molecule has 0 aliphatic rings. The van der Waals surface area contributed by atoms with Gasteiger partial charge in [-0.15, -0.1) is 0 Å². The molecule has 0 fully saturated rings. The smallest absolute Gasteiger partial charge is 0.334 e. The summed E-state index contributed by atoms with van der Waals surface area (Å²) in [4.78, 5) is 24.2. The van der Waals surface area contributed by atoms with Crippen molar-refractivity contribution in [1.29, 1.82) is 0 Å². The molecule has 0 bridgehead atoms. The third-order valence-electron chi connectivity index (χ3n) is 3.10. The largest absolute Gasteiger partial charge is 0.464 e. The summed E-state index contributed by atoms with van der Waals surface area (Å²) in [5.74, 6) is -1.49. The quantitative estimate of drug-likeness (QED) is 0.460. The molecule has 7 heteroatoms. The van der Waals surface area contributed by atoms with E-state index in [4.69, 9.17) is 4.74 Å². The van der Waals surface area contributed by atoms with E-state index in [1.54, 1.807) is 43.3 Å². The molecule has 2 N–H and O–H groups in total. The van der Waals surface area contributed by atoms with E-state index in [1.165, 1.54) is 24.4 Å². The van der Waals surface area contributed by atoms with E-state index in [-0.39, 0.29) is 6.61 Å². The van der Waals surface area contributed by atoms with Crippen molar-refractivity contribution in [3.63, 3.8) is 0 Å². The second kappa shape index (κ2) is 9.17. The highest BCUT2D eigenvalue weighted by Gasteiger charge is 2.20. The lowest BCUT2D eigenvalue weighted by Gasteiger charge is -2.13. The van der Waals surface area contributed by atoms with Crippen molar-refractivity contribution in [3.8, 4) is 0 Å². The molecular formula is C18H18FN3O3. The van der Waals surface area contributed by atoms with Crippen LogP contribution >= 0.6 is 0 Å². The molecule has 1 atom stereocenters. The molecule has 0 saturated carbocycles. The summed E-state index contributed by atoms with van der Waals surface area (Å²) in [6, 6.07) is 13.1. The Morgan fingerprint density at radius 3 is 2.64 bits per heavy atom. The lowest BCUT2D eigenvalue weighted by molar-refractivity contribution is -0.143. The number of hydrazone groups is 1. The number of hydrogen-bond donors (Lipinski definition) is 2. The van der Waals surface area contributed by atoms with Crippen LogP contribution in [0.2, 0.25) is 0 Å². The van der Waals surface area contributed by atoms with Gasteiger partial charge in [0.25, 0.3) is 5.91 Å². The van der Waals surface area contributed by atoms with Crippen molar-refractivity contribution >= 4 is 23.8 Å². The first-order valence-corrected chi connectivity index (χ1v) is 7.67. The van der Waals surface area contributed by atoms with Crippen molar-refractivity contribution in [2.75, 3.05) is 12.0 Å². The van der Waals surface area contributed by atoms with Gasteiger partial charge >= 0.3 is 5.97 Å². The fourth-order valence-electron chi connectivity index (χ4n) is 1.95. The molecule has 0 saturated heterocycles. The van der Waals surface area contributed by atoms with E-state index < -0.39 is 23.7 Å². The van der Waals surface area contributed by atoms with Crippen LogP contribution in [0.5, 0.6) is 0 Å². The first kappa shape index (κ1) is 18.1. The van der Waals surface area contributed by atoms with Gasteiger partial charge in [0, 0.05) is 5.56 Å². The van der Waals surface area contributed by atoms with Gasteiger partial charge in [-0.2, -0.15) is 5.10 Å². The van der Waals surface area contributed by atoms with Crippen LogP contribution in [0, 0.1) is 5.82 Å². The number of carbonyl (C=O) groups is 2. The Bertz CT molecular complexity index is 750. The number of rotatable bonds is 7. The second-order valence-corrected chi connectivity index (χ2v) is 4.97. The first-order chi connectivity index (χ1) is 12.1. The van der Waals surface area contributed by atoms with E-state index in [9.17, 15) is 14.0 Å². The van der Waals surface area contributed by atoms with Crippen molar-refractivity contribution in [1.82, 2.24) is 5.32 Å². The summed E-state index contributed by atoms with van der Waals surface area (Å²) < 4.78 is 18.0. The minimum Gasteiger partial charge on any atom is -0.464 e. The molecular weight excluding hydrogens is 325 g/mol. The van der Waals surface area contributed by atoms with Crippen molar-refractivity contribution < 1.29 is 18.7 Å². The predicted octanol–water partition coefficient (Wildman–Crippen LogP) is 2.59. The standard InChI is InChI=1S/C18H18FN3O3/c1-2-25-18(24)16(21-17(23)13-7-4-3-5-8-13)12-20-22-15-10-6-9-14(19)11-15/h3-12,16,22H,2H2,1H3,(H,21,23)/b20-12+. The lowest BCUT2D eigenvalue weighted by Crippen LogP contribution is -2.43. The Hall–Kier alpha value is -3.22. The highest BCUT2D eigenvalue weighted by atomic mass is 19.1. The maximum atomic E-state index is 13.1. The number of benzene rings is 2. The van der Waals surface area contributed by atoms with Crippen LogP contribution in [0.3, 0.4) is 0 Å². The highest BCUT2D eigenvalue weighted by molar-refractivity contribution is 6.03. The molecule has 1 unspecified atom stereocenters. The molecule has 1 amide bonds. The van der Waals surface area contributed by atoms with Gasteiger partial charge in [-0.25, -0.2) is 9.18 Å². The molecule has 0 aliphatic carbocycles. The molecule has 25 heavy (non-hydrogen) atoms. The Morgan fingerprint density at radius 1 is 1.20 bits per heavy atom. The molecule has 0 aromatic heterocycles. The Labute approximate surface area is 144 Å². The van der Waals surface area contributed by atoms with Crippen molar-refractivity contribution in [2.45, 2.75) is 13.0 Å². The average Bonchev–Trinajstić information content (AvgIpc) is 2.62. The van der Waals surface area contributed by atoms with Gasteiger partial charge in [0.15, 0.2) is 6.04 Å². The summed E-state index contributed by atoms with van der Waals surface area (Å²) in [6.45, 7) is 1.83. The van der Waals surface area contributed by atoms with Crippen molar-refractivity contribution in [2.24, 2.45) is 5.10 Å². The number of ether oxygens (including phenoxy) is 1. The zero-order valence-corrected chi connectivity index (χ0v) is 13.6. The molecule has 2 rings (SSSR count). The van der Waals surface area contributed by atoms with E-state index in [2.05, 4.69) is 15.8 Å². The number of nitrogens with one attached hydrogen (secondary N) is 2. The summed E-state index contributed by atoms with van der Waals surface area (Å²) in [5, 5.41) is 6.41. The highest BCUT2D eigenvalue weighted by Crippen LogP contribution is 2.08. The van der Waals surface area contributed by atoms with Crippen LogP contribution in [0.15, 0.2) is 59.7 Å². The van der Waals surface area contributed by atoms with Gasteiger partial charge in [0.1, 0.15) is 5.82 Å². The number of hydrogen-bond acceptors (Lipinski definition) is 5. The van der Waals surface area contributed by atoms with Crippen molar-refractivity contribution in [3.05, 3.63) is 66.0 Å². The molecule has 2 aromatic rings. The number of anilines is 1. The number of carbonyl (C=O) groups excluding carboxylic acids is 2. The molecule has 130 valence electrons. The molecule has 2 aromatic carbocycles. The summed E-state index contributed by atoms with van der Waals surface area (Å²) in [5.41, 5.74) is 3.41. The molecule has 0 aliphatic heterocycles. The Morgan fingerprint density at radius 2 is 1.96 bits per heavy atom. The van der Waals surface area contributed by atoms with Gasteiger partial charge in [-0.3, -0.25) is 10.2 Å². The van der Waals surface area contributed by atoms with Gasteiger partial charge < -0.3 is 10.1 Å². The third-order valence-corrected chi connectivity index (χ3v) is 3.10. The van der Waals surface area contributed by atoms with Gasteiger partial charge in [0.2, 0.25) is 0 Å². The Kier molecular flexibility index (Phi) is 6.65. The van der Waals surface area contributed by atoms with Crippen LogP contribution in [0.4, 0.5) is 10.1 Å². The average molecular weight is 343 g/mol. The maximum absolute atomic E-state index is 13.1. The molecule has 6 nitrogen and oxygen atoms in total. The lowest BCUT2D eigenvalue weighted by atomic mass is 10.2. The minimum atomic E-state index is -1.08. The van der Waals surface area contributed by atoms with Gasteiger partial charge in [0.05, 0.1) is 18.5 Å².